The molecule has 3 aromatic rings. The minimum atomic E-state index is -0.721. The fraction of sp³-hybridized carbons (Fsp3) is 0.500. The molecule has 1 aliphatic carbocycles. The number of anilines is 2. The molecule has 2 atom stereocenters. The van der Waals surface area contributed by atoms with Crippen molar-refractivity contribution in [1.82, 2.24) is 19.4 Å². The van der Waals surface area contributed by atoms with Gasteiger partial charge in [0.15, 0.2) is 0 Å². The first-order valence-corrected chi connectivity index (χ1v) is 17.2. The predicted octanol–water partition coefficient (Wildman–Crippen LogP) is 5.04. The van der Waals surface area contributed by atoms with Gasteiger partial charge in [0.25, 0.3) is 0 Å². The first-order valence-electron chi connectivity index (χ1n) is 16.8. The molecule has 1 spiro atoms. The summed E-state index contributed by atoms with van der Waals surface area (Å²) in [6.07, 6.45) is 8.33. The van der Waals surface area contributed by atoms with Crippen LogP contribution in [0.5, 0.6) is 0 Å². The van der Waals surface area contributed by atoms with Crippen molar-refractivity contribution in [2.75, 3.05) is 56.2 Å². The number of piperazine rings is 1. The van der Waals surface area contributed by atoms with Crippen molar-refractivity contribution in [3.63, 3.8) is 0 Å². The molecule has 1 aromatic heterocycles. The molecular formula is C36H41ClFN7O2. The zero-order chi connectivity index (χ0) is 32.7. The van der Waals surface area contributed by atoms with Crippen LogP contribution in [0.2, 0.25) is 5.02 Å². The predicted molar refractivity (Wildman–Crippen MR) is 183 cm³/mol. The number of benzene rings is 2. The van der Waals surface area contributed by atoms with E-state index < -0.39 is 12.7 Å². The Kier molecular flexibility index (Phi) is 8.71. The maximum Gasteiger partial charge on any atom is 0.349 e. The average Bonchev–Trinajstić information content (AvgIpc) is 3.47. The van der Waals surface area contributed by atoms with Crippen LogP contribution < -0.4 is 15.5 Å². The van der Waals surface area contributed by atoms with Gasteiger partial charge in [-0.15, -0.1) is 0 Å². The first-order chi connectivity index (χ1) is 22.9. The van der Waals surface area contributed by atoms with Crippen molar-refractivity contribution in [2.45, 2.75) is 69.1 Å². The summed E-state index contributed by atoms with van der Waals surface area (Å²) in [6.45, 7) is 2.86. The number of hydrogen-bond donors (Lipinski definition) is 0. The second-order valence-electron chi connectivity index (χ2n) is 13.4. The van der Waals surface area contributed by atoms with Crippen LogP contribution in [-0.4, -0.2) is 83.8 Å². The van der Waals surface area contributed by atoms with Crippen molar-refractivity contribution in [3.05, 3.63) is 75.3 Å². The number of aromatic nitrogens is 2. The molecule has 0 N–H and O–H groups in total. The van der Waals surface area contributed by atoms with Gasteiger partial charge in [0, 0.05) is 61.5 Å². The van der Waals surface area contributed by atoms with Gasteiger partial charge in [0.1, 0.15) is 12.5 Å². The van der Waals surface area contributed by atoms with Crippen LogP contribution in [0.3, 0.4) is 0 Å². The number of nitrogens with zero attached hydrogens (tertiary/aromatic N) is 7. The van der Waals surface area contributed by atoms with Crippen LogP contribution in [-0.2, 0) is 23.3 Å². The monoisotopic (exact) mass is 657 g/mol. The molecule has 0 unspecified atom stereocenters. The summed E-state index contributed by atoms with van der Waals surface area (Å²) in [7, 11) is 2.14. The molecule has 9 nitrogen and oxygen atoms in total. The molecule has 4 aliphatic rings. The lowest BCUT2D eigenvalue weighted by Gasteiger charge is -2.56. The van der Waals surface area contributed by atoms with E-state index >= 15 is 0 Å². The molecule has 1 amide bonds. The van der Waals surface area contributed by atoms with Crippen LogP contribution >= 0.6 is 11.6 Å². The van der Waals surface area contributed by atoms with Crippen LogP contribution in [0.25, 0.3) is 10.8 Å². The molecular weight excluding hydrogens is 617 g/mol. The Morgan fingerprint density at radius 3 is 2.64 bits per heavy atom. The van der Waals surface area contributed by atoms with Crippen molar-refractivity contribution < 1.29 is 9.18 Å². The number of carbonyl (C=O) groups excluding carboxylic acids is 1. The smallest absolute Gasteiger partial charge is 0.349 e. The third-order valence-corrected chi connectivity index (χ3v) is 11.2. The number of nitriles is 1. The maximum atomic E-state index is 14.3. The van der Waals surface area contributed by atoms with Gasteiger partial charge in [-0.3, -0.25) is 9.36 Å². The normalized spacial score (nSPS) is 22.6. The highest BCUT2D eigenvalue weighted by molar-refractivity contribution is 6.36. The number of fused-ring (bicyclic) bond motifs is 3. The maximum absolute atomic E-state index is 14.3. The van der Waals surface area contributed by atoms with Crippen molar-refractivity contribution in [2.24, 2.45) is 0 Å². The average molecular weight is 658 g/mol. The van der Waals surface area contributed by atoms with Gasteiger partial charge in [-0.25, -0.2) is 9.18 Å². The quantitative estimate of drug-likeness (QED) is 0.329. The topological polar surface area (TPSA) is 88.7 Å². The highest BCUT2D eigenvalue weighted by Gasteiger charge is 2.51. The lowest BCUT2D eigenvalue weighted by atomic mass is 9.68. The van der Waals surface area contributed by atoms with Gasteiger partial charge in [0.05, 0.1) is 34.8 Å². The Labute approximate surface area is 279 Å². The van der Waals surface area contributed by atoms with E-state index in [-0.39, 0.29) is 29.6 Å². The van der Waals surface area contributed by atoms with Gasteiger partial charge < -0.3 is 19.6 Å². The number of halogens is 2. The molecule has 47 heavy (non-hydrogen) atoms. The zero-order valence-corrected chi connectivity index (χ0v) is 27.6. The van der Waals surface area contributed by atoms with E-state index in [2.05, 4.69) is 52.1 Å². The summed E-state index contributed by atoms with van der Waals surface area (Å²) in [5.74, 6) is 0.378. The number of likely N-dealkylation sites (tertiary alicyclic amines) is 1. The van der Waals surface area contributed by atoms with Crippen LogP contribution in [0.4, 0.5) is 15.9 Å². The Balaban J connectivity index is 1.35. The lowest BCUT2D eigenvalue weighted by Crippen LogP contribution is -2.60. The number of likely N-dealkylation sites (N-methyl/N-ethyl adjacent to an activating group) is 1. The summed E-state index contributed by atoms with van der Waals surface area (Å²) in [4.78, 5) is 40.6. The fourth-order valence-corrected chi connectivity index (χ4v) is 8.77. The first kappa shape index (κ1) is 31.6. The Morgan fingerprint density at radius 1 is 1.13 bits per heavy atom. The minimum Gasteiger partial charge on any atom is -0.359 e. The third kappa shape index (κ3) is 5.47. The van der Waals surface area contributed by atoms with E-state index in [1.807, 2.05) is 16.7 Å². The van der Waals surface area contributed by atoms with Crippen LogP contribution in [0.1, 0.15) is 49.8 Å². The molecule has 11 heteroatoms. The molecule has 7 rings (SSSR count). The molecule has 3 aliphatic heterocycles. The molecule has 2 saturated heterocycles. The van der Waals surface area contributed by atoms with Gasteiger partial charge in [-0.1, -0.05) is 35.9 Å². The number of amides is 1. The second kappa shape index (κ2) is 12.9. The standard InChI is InChI=1S/C36H41ClFN7O2/c1-41-19-5-9-26(41)24-44-33-28(34(40-35(44)47)42-21-22-43(27(23-42)13-18-39)31(46)12-4-17-38)14-20-45(36(33)15-6-16-36)30-11-3-8-25-7-2-10-29(37)32(25)30/h2-4,7-8,10-12,26-27H,5-6,9,13-17,19-24H2,1H3/b12-4+/t26-,27-/m0/s1. The highest BCUT2D eigenvalue weighted by Crippen LogP contribution is 2.54. The van der Waals surface area contributed by atoms with Crippen LogP contribution in [0, 0.1) is 11.3 Å². The van der Waals surface area contributed by atoms with E-state index in [1.54, 1.807) is 4.90 Å². The SMILES string of the molecule is CN1CCC[C@H]1Cn1c2c(c(N3CCN(C(=O)/C=C/CF)[C@@H](CC#N)C3)nc1=O)CCN(c1cccc3cccc(Cl)c13)C21CCC1. The molecule has 3 fully saturated rings. The Morgan fingerprint density at radius 2 is 1.94 bits per heavy atom. The lowest BCUT2D eigenvalue weighted by molar-refractivity contribution is -0.128. The number of carbonyl (C=O) groups is 1. The summed E-state index contributed by atoms with van der Waals surface area (Å²) < 4.78 is 14.8. The molecule has 1 saturated carbocycles. The third-order valence-electron chi connectivity index (χ3n) is 10.9. The molecule has 0 bridgehead atoms. The Hall–Kier alpha value is -3.94. The van der Waals surface area contributed by atoms with Gasteiger partial charge in [0.2, 0.25) is 5.91 Å². The largest absolute Gasteiger partial charge is 0.359 e. The molecule has 4 heterocycles. The molecule has 0 radical (unpaired) electrons. The summed E-state index contributed by atoms with van der Waals surface area (Å²) in [6, 6.07) is 14.5. The van der Waals surface area contributed by atoms with Crippen molar-refractivity contribution in [1.29, 1.82) is 5.26 Å². The summed E-state index contributed by atoms with van der Waals surface area (Å²) >= 11 is 6.87. The number of hydrogen-bond acceptors (Lipinski definition) is 7. The number of alkyl halides is 1. The van der Waals surface area contributed by atoms with E-state index in [4.69, 9.17) is 16.6 Å². The second-order valence-corrected chi connectivity index (χ2v) is 13.8. The molecule has 2 aromatic carbocycles. The minimum absolute atomic E-state index is 0.137. The van der Waals surface area contributed by atoms with E-state index in [0.717, 1.165) is 77.9 Å². The van der Waals surface area contributed by atoms with E-state index in [1.165, 1.54) is 12.2 Å². The highest BCUT2D eigenvalue weighted by atomic mass is 35.5. The van der Waals surface area contributed by atoms with Gasteiger partial charge >= 0.3 is 5.69 Å². The summed E-state index contributed by atoms with van der Waals surface area (Å²) in [5, 5.41) is 12.5. The number of rotatable bonds is 7. The molecule has 246 valence electrons. The zero-order valence-electron chi connectivity index (χ0n) is 26.9. The fourth-order valence-electron chi connectivity index (χ4n) is 8.49. The Bertz CT molecular complexity index is 1810. The van der Waals surface area contributed by atoms with Crippen LogP contribution in [0.15, 0.2) is 53.3 Å². The van der Waals surface area contributed by atoms with E-state index in [0.29, 0.717) is 38.4 Å². The van der Waals surface area contributed by atoms with Gasteiger partial charge in [-0.2, -0.15) is 10.2 Å². The summed E-state index contributed by atoms with van der Waals surface area (Å²) in [5.41, 5.74) is 2.63. The van der Waals surface area contributed by atoms with Gasteiger partial charge in [-0.05, 0) is 75.7 Å². The van der Waals surface area contributed by atoms with E-state index in [9.17, 15) is 19.2 Å². The van der Waals surface area contributed by atoms with Crippen molar-refractivity contribution in [3.8, 4) is 6.07 Å². The number of allylic oxidation sites excluding steroid dienone is 1. The van der Waals surface area contributed by atoms with Crippen molar-refractivity contribution >= 4 is 39.8 Å².